The van der Waals surface area contributed by atoms with E-state index in [0.29, 0.717) is 18.2 Å². The van der Waals surface area contributed by atoms with Crippen molar-refractivity contribution in [2.24, 2.45) is 0 Å². The van der Waals surface area contributed by atoms with Crippen molar-refractivity contribution in [3.05, 3.63) is 28.8 Å². The van der Waals surface area contributed by atoms with Crippen molar-refractivity contribution in [3.8, 4) is 0 Å². The van der Waals surface area contributed by atoms with Gasteiger partial charge in [-0.05, 0) is 43.0 Å². The van der Waals surface area contributed by atoms with Gasteiger partial charge in [0, 0.05) is 43.5 Å². The number of carbonyl (C=O) groups excluding carboxylic acids is 1. The van der Waals surface area contributed by atoms with E-state index < -0.39 is 0 Å². The Bertz CT molecular complexity index is 510. The largest absolute Gasteiger partial charge is 0.370 e. The summed E-state index contributed by atoms with van der Waals surface area (Å²) in [5.74, 6) is 1.10. The second kappa shape index (κ2) is 9.82. The van der Waals surface area contributed by atoms with E-state index in [-0.39, 0.29) is 5.91 Å². The Labute approximate surface area is 146 Å². The summed E-state index contributed by atoms with van der Waals surface area (Å²) in [7, 11) is 0. The Balaban J connectivity index is 0.00000127. The monoisotopic (exact) mass is 338 g/mol. The van der Waals surface area contributed by atoms with E-state index >= 15 is 0 Å². The first-order chi connectivity index (χ1) is 11.1. The Kier molecular flexibility index (Phi) is 8.46. The highest BCUT2D eigenvalue weighted by molar-refractivity contribution is 6.18. The van der Waals surface area contributed by atoms with E-state index in [2.05, 4.69) is 43.1 Å². The number of rotatable bonds is 6. The molecular formula is C19H31ClN2O. The maximum atomic E-state index is 11.5. The van der Waals surface area contributed by atoms with Crippen molar-refractivity contribution >= 4 is 23.2 Å². The van der Waals surface area contributed by atoms with Gasteiger partial charge in [0.2, 0.25) is 5.91 Å². The topological polar surface area (TPSA) is 32.3 Å². The van der Waals surface area contributed by atoms with E-state index in [1.54, 1.807) is 0 Å². The van der Waals surface area contributed by atoms with Crippen molar-refractivity contribution in [2.45, 2.75) is 53.4 Å². The Morgan fingerprint density at radius 1 is 1.26 bits per heavy atom. The number of nitrogens with zero attached hydrogens (tertiary/aromatic N) is 1. The van der Waals surface area contributed by atoms with Crippen molar-refractivity contribution in [3.63, 3.8) is 0 Å². The predicted molar refractivity (Wildman–Crippen MR) is 101 cm³/mol. The molecule has 1 aliphatic rings. The predicted octanol–water partition coefficient (Wildman–Crippen LogP) is 4.39. The van der Waals surface area contributed by atoms with Crippen LogP contribution in [0.2, 0.25) is 0 Å². The summed E-state index contributed by atoms with van der Waals surface area (Å²) in [6.07, 6.45) is 1.71. The molecule has 0 radical (unpaired) electrons. The van der Waals surface area contributed by atoms with E-state index in [0.717, 1.165) is 26.1 Å². The minimum absolute atomic E-state index is 0.162. The van der Waals surface area contributed by atoms with Gasteiger partial charge in [-0.15, -0.1) is 11.6 Å². The molecule has 1 N–H and O–H groups in total. The van der Waals surface area contributed by atoms with Gasteiger partial charge in [0.25, 0.3) is 0 Å². The van der Waals surface area contributed by atoms with Gasteiger partial charge in [0.05, 0.1) is 0 Å². The van der Waals surface area contributed by atoms with Gasteiger partial charge in [-0.25, -0.2) is 0 Å². The Morgan fingerprint density at radius 3 is 2.48 bits per heavy atom. The van der Waals surface area contributed by atoms with Gasteiger partial charge in [-0.1, -0.05) is 26.8 Å². The van der Waals surface area contributed by atoms with Crippen LogP contribution in [0.1, 0.15) is 56.2 Å². The summed E-state index contributed by atoms with van der Waals surface area (Å²) < 4.78 is 0. The molecule has 23 heavy (non-hydrogen) atoms. The first-order valence-electron chi connectivity index (χ1n) is 8.76. The molecule has 2 rings (SSSR count). The summed E-state index contributed by atoms with van der Waals surface area (Å²) in [4.78, 5) is 13.9. The number of aryl methyl sites for hydroxylation is 1. The van der Waals surface area contributed by atoms with Crippen molar-refractivity contribution in [1.29, 1.82) is 0 Å². The highest BCUT2D eigenvalue weighted by atomic mass is 35.5. The number of amides is 1. The first kappa shape index (κ1) is 19.8. The van der Waals surface area contributed by atoms with E-state index in [1.165, 1.54) is 22.4 Å². The third-order valence-corrected chi connectivity index (χ3v) is 4.45. The van der Waals surface area contributed by atoms with Crippen LogP contribution >= 0.6 is 11.6 Å². The fourth-order valence-electron chi connectivity index (χ4n) is 3.36. The molecule has 0 saturated carbocycles. The zero-order valence-corrected chi connectivity index (χ0v) is 16.0. The highest BCUT2D eigenvalue weighted by Crippen LogP contribution is 2.34. The van der Waals surface area contributed by atoms with Crippen LogP contribution < -0.4 is 10.2 Å². The molecule has 1 aromatic carbocycles. The molecule has 1 saturated heterocycles. The summed E-state index contributed by atoms with van der Waals surface area (Å²) in [6, 6.07) is 4.37. The van der Waals surface area contributed by atoms with Gasteiger partial charge >= 0.3 is 0 Å². The molecule has 1 heterocycles. The zero-order valence-electron chi connectivity index (χ0n) is 15.2. The lowest BCUT2D eigenvalue weighted by Crippen LogP contribution is -2.27. The van der Waals surface area contributed by atoms with Crippen molar-refractivity contribution in [1.82, 2.24) is 5.32 Å². The average Bonchev–Trinajstić information content (AvgIpc) is 2.96. The highest BCUT2D eigenvalue weighted by Gasteiger charge is 2.27. The number of nitrogens with one attached hydrogen (secondary N) is 1. The third-order valence-electron chi connectivity index (χ3n) is 4.28. The van der Waals surface area contributed by atoms with Crippen LogP contribution in [0.15, 0.2) is 12.1 Å². The second-order valence-electron chi connectivity index (χ2n) is 5.82. The molecule has 1 fully saturated rings. The SMILES string of the molecule is CC.CCCN(CCCl)c1ccc(C)c(C2CNC(=O)C2)c1C. The fourth-order valence-corrected chi connectivity index (χ4v) is 3.56. The quantitative estimate of drug-likeness (QED) is 0.780. The number of anilines is 1. The molecule has 4 heteroatoms. The molecule has 0 bridgehead atoms. The molecule has 1 aliphatic heterocycles. The van der Waals surface area contributed by atoms with E-state index in [9.17, 15) is 4.79 Å². The van der Waals surface area contributed by atoms with Crippen LogP contribution in [0.25, 0.3) is 0 Å². The lowest BCUT2D eigenvalue weighted by molar-refractivity contribution is -0.119. The van der Waals surface area contributed by atoms with Crippen LogP contribution in [-0.2, 0) is 4.79 Å². The first-order valence-corrected chi connectivity index (χ1v) is 9.29. The van der Waals surface area contributed by atoms with Gasteiger partial charge in [-0.3, -0.25) is 4.79 Å². The minimum Gasteiger partial charge on any atom is -0.370 e. The number of hydrogen-bond acceptors (Lipinski definition) is 2. The zero-order chi connectivity index (χ0) is 17.4. The lowest BCUT2D eigenvalue weighted by Gasteiger charge is -2.28. The molecular weight excluding hydrogens is 308 g/mol. The van der Waals surface area contributed by atoms with Crippen LogP contribution in [0.5, 0.6) is 0 Å². The molecule has 1 amide bonds. The maximum Gasteiger partial charge on any atom is 0.220 e. The standard InChI is InChI=1S/C17H25ClN2O.C2H6/c1-4-8-20(9-7-18)15-6-5-12(2)17(13(15)3)14-10-16(21)19-11-14;1-2/h5-6,14H,4,7-11H2,1-3H3,(H,19,21);1-2H3. The summed E-state index contributed by atoms with van der Waals surface area (Å²) in [6.45, 7) is 13.1. The van der Waals surface area contributed by atoms with E-state index in [4.69, 9.17) is 11.6 Å². The Hall–Kier alpha value is -1.22. The summed E-state index contributed by atoms with van der Waals surface area (Å²) in [5.41, 5.74) is 5.18. The summed E-state index contributed by atoms with van der Waals surface area (Å²) >= 11 is 5.96. The molecule has 0 aliphatic carbocycles. The Morgan fingerprint density at radius 2 is 1.96 bits per heavy atom. The molecule has 1 aromatic rings. The fraction of sp³-hybridized carbons (Fsp3) is 0.632. The smallest absolute Gasteiger partial charge is 0.220 e. The maximum absolute atomic E-state index is 11.5. The van der Waals surface area contributed by atoms with Crippen molar-refractivity contribution in [2.75, 3.05) is 30.4 Å². The van der Waals surface area contributed by atoms with Crippen LogP contribution in [0.4, 0.5) is 5.69 Å². The number of carbonyl (C=O) groups is 1. The van der Waals surface area contributed by atoms with Crippen LogP contribution in [0.3, 0.4) is 0 Å². The number of alkyl halides is 1. The van der Waals surface area contributed by atoms with Crippen molar-refractivity contribution < 1.29 is 4.79 Å². The molecule has 1 unspecified atom stereocenters. The number of hydrogen-bond donors (Lipinski definition) is 1. The summed E-state index contributed by atoms with van der Waals surface area (Å²) in [5, 5.41) is 2.95. The van der Waals surface area contributed by atoms with Gasteiger partial charge in [-0.2, -0.15) is 0 Å². The van der Waals surface area contributed by atoms with Gasteiger partial charge in [0.1, 0.15) is 0 Å². The van der Waals surface area contributed by atoms with Gasteiger partial charge < -0.3 is 10.2 Å². The van der Waals surface area contributed by atoms with Crippen LogP contribution in [0, 0.1) is 13.8 Å². The molecule has 0 spiro atoms. The molecule has 3 nitrogen and oxygen atoms in total. The molecule has 130 valence electrons. The number of halogens is 1. The third kappa shape index (κ3) is 4.87. The number of benzene rings is 1. The normalized spacial score (nSPS) is 16.6. The lowest BCUT2D eigenvalue weighted by atomic mass is 9.89. The second-order valence-corrected chi connectivity index (χ2v) is 6.20. The van der Waals surface area contributed by atoms with Gasteiger partial charge in [0.15, 0.2) is 0 Å². The van der Waals surface area contributed by atoms with E-state index in [1.807, 2.05) is 13.8 Å². The van der Waals surface area contributed by atoms with Crippen LogP contribution in [-0.4, -0.2) is 31.4 Å². The molecule has 0 aromatic heterocycles. The molecule has 1 atom stereocenters. The average molecular weight is 339 g/mol. The minimum atomic E-state index is 0.162.